The summed E-state index contributed by atoms with van der Waals surface area (Å²) in [5.74, 6) is -0.343. The molecule has 2 aliphatic heterocycles. The van der Waals surface area contributed by atoms with Crippen molar-refractivity contribution in [1.29, 1.82) is 5.26 Å². The summed E-state index contributed by atoms with van der Waals surface area (Å²) in [5, 5.41) is 13.1. The maximum Gasteiger partial charge on any atom is 0.267 e. The molecule has 3 aromatic rings. The Labute approximate surface area is 216 Å². The van der Waals surface area contributed by atoms with Gasteiger partial charge in [0.25, 0.3) is 11.5 Å². The van der Waals surface area contributed by atoms with E-state index in [0.29, 0.717) is 32.4 Å². The summed E-state index contributed by atoms with van der Waals surface area (Å²) in [7, 11) is 0. The maximum absolute atomic E-state index is 13.3. The summed E-state index contributed by atoms with van der Waals surface area (Å²) in [5.41, 5.74) is 1.47. The van der Waals surface area contributed by atoms with E-state index in [-0.39, 0.29) is 28.7 Å². The van der Waals surface area contributed by atoms with Gasteiger partial charge < -0.3 is 10.1 Å². The van der Waals surface area contributed by atoms with E-state index >= 15 is 0 Å². The number of carbonyl (C=O) groups is 1. The lowest BCUT2D eigenvalue weighted by Gasteiger charge is -2.37. The van der Waals surface area contributed by atoms with Crippen LogP contribution in [-0.4, -0.2) is 51.5 Å². The Morgan fingerprint density at radius 3 is 2.70 bits per heavy atom. The van der Waals surface area contributed by atoms with Crippen LogP contribution in [0.3, 0.4) is 0 Å². The van der Waals surface area contributed by atoms with E-state index in [0.717, 1.165) is 36.3 Å². The SMILES string of the molecule is CC1(C)CC(NC(=O)c2cc(CN3CCC(C#N)(c4ccccn4)CC3)c3ccccn3c2=O)CCO1. The lowest BCUT2D eigenvalue weighted by Crippen LogP contribution is -2.47. The van der Waals surface area contributed by atoms with Gasteiger partial charge in [0, 0.05) is 44.7 Å². The molecule has 3 aromatic heterocycles. The first-order valence-corrected chi connectivity index (χ1v) is 12.9. The number of hydrogen-bond acceptors (Lipinski definition) is 6. The van der Waals surface area contributed by atoms with Gasteiger partial charge in [-0.3, -0.25) is 23.9 Å². The van der Waals surface area contributed by atoms with Gasteiger partial charge in [-0.15, -0.1) is 0 Å². The number of amides is 1. The fraction of sp³-hybridized carbons (Fsp3) is 0.448. The number of aromatic nitrogens is 2. The summed E-state index contributed by atoms with van der Waals surface area (Å²) in [4.78, 5) is 33.3. The Balaban J connectivity index is 1.38. The fourth-order valence-corrected chi connectivity index (χ4v) is 5.63. The average Bonchev–Trinajstić information content (AvgIpc) is 2.91. The quantitative estimate of drug-likeness (QED) is 0.577. The van der Waals surface area contributed by atoms with Crippen LogP contribution in [0.25, 0.3) is 5.52 Å². The summed E-state index contributed by atoms with van der Waals surface area (Å²) < 4.78 is 7.34. The number of nitriles is 1. The van der Waals surface area contributed by atoms with Gasteiger partial charge in [-0.25, -0.2) is 0 Å². The lowest BCUT2D eigenvalue weighted by molar-refractivity contribution is -0.0615. The van der Waals surface area contributed by atoms with Crippen LogP contribution in [0.4, 0.5) is 0 Å². The van der Waals surface area contributed by atoms with Crippen molar-refractivity contribution in [2.45, 2.75) is 63.1 Å². The van der Waals surface area contributed by atoms with Crippen LogP contribution in [0.5, 0.6) is 0 Å². The number of piperidine rings is 1. The minimum absolute atomic E-state index is 0.0386. The van der Waals surface area contributed by atoms with Crippen molar-refractivity contribution in [2.24, 2.45) is 0 Å². The first-order chi connectivity index (χ1) is 17.8. The molecule has 8 nitrogen and oxygen atoms in total. The van der Waals surface area contributed by atoms with E-state index in [4.69, 9.17) is 4.74 Å². The first-order valence-electron chi connectivity index (χ1n) is 12.9. The molecule has 0 aromatic carbocycles. The van der Waals surface area contributed by atoms with Gasteiger partial charge in [-0.2, -0.15) is 5.26 Å². The number of pyridine rings is 3. The molecule has 2 aliphatic rings. The molecule has 0 bridgehead atoms. The van der Waals surface area contributed by atoms with E-state index in [2.05, 4.69) is 21.3 Å². The van der Waals surface area contributed by atoms with Crippen LogP contribution in [0, 0.1) is 11.3 Å². The van der Waals surface area contributed by atoms with Crippen LogP contribution in [-0.2, 0) is 16.7 Å². The topological polar surface area (TPSA) is 99.7 Å². The molecule has 0 saturated carbocycles. The van der Waals surface area contributed by atoms with Crippen LogP contribution in [0.2, 0.25) is 0 Å². The fourth-order valence-electron chi connectivity index (χ4n) is 5.63. The number of nitrogens with one attached hydrogen (secondary N) is 1. The molecular formula is C29H33N5O3. The monoisotopic (exact) mass is 499 g/mol. The molecule has 1 atom stereocenters. The zero-order chi connectivity index (χ0) is 26.0. The number of rotatable bonds is 5. The van der Waals surface area contributed by atoms with Crippen LogP contribution in [0.1, 0.15) is 61.1 Å². The largest absolute Gasteiger partial charge is 0.375 e. The molecule has 2 saturated heterocycles. The minimum Gasteiger partial charge on any atom is -0.375 e. The third-order valence-corrected chi connectivity index (χ3v) is 7.71. The lowest BCUT2D eigenvalue weighted by atomic mass is 9.76. The molecule has 1 N–H and O–H groups in total. The molecule has 0 aliphatic carbocycles. The molecule has 5 rings (SSSR count). The summed E-state index contributed by atoms with van der Waals surface area (Å²) in [6.07, 6.45) is 6.24. The molecule has 1 unspecified atom stereocenters. The molecule has 0 radical (unpaired) electrons. The molecule has 37 heavy (non-hydrogen) atoms. The number of fused-ring (bicyclic) bond motifs is 1. The molecule has 5 heterocycles. The first kappa shape index (κ1) is 25.1. The zero-order valence-corrected chi connectivity index (χ0v) is 21.4. The van der Waals surface area contributed by atoms with Gasteiger partial charge in [-0.05, 0) is 75.4 Å². The zero-order valence-electron chi connectivity index (χ0n) is 21.4. The number of hydrogen-bond donors (Lipinski definition) is 1. The second-order valence-electron chi connectivity index (χ2n) is 10.8. The third-order valence-electron chi connectivity index (χ3n) is 7.71. The molecular weight excluding hydrogens is 466 g/mol. The number of ether oxygens (including phenoxy) is 1. The smallest absolute Gasteiger partial charge is 0.267 e. The van der Waals surface area contributed by atoms with E-state index in [1.807, 2.05) is 44.2 Å². The van der Waals surface area contributed by atoms with Crippen molar-refractivity contribution in [3.63, 3.8) is 0 Å². The Hall–Kier alpha value is -3.54. The van der Waals surface area contributed by atoms with Crippen molar-refractivity contribution >= 4 is 11.4 Å². The minimum atomic E-state index is -0.587. The standard InChI is InChI=1S/C29H33N5O3/c1-28(2)18-22(9-16-37-28)32-26(35)23-17-21(24-7-4-6-13-34(24)27(23)36)19-33-14-10-29(20-30,11-15-33)25-8-3-5-12-31-25/h3-8,12-13,17,22H,9-11,14-16,18-19H2,1-2H3,(H,32,35). The molecule has 8 heteroatoms. The van der Waals surface area contributed by atoms with Crippen molar-refractivity contribution < 1.29 is 9.53 Å². The van der Waals surface area contributed by atoms with Gasteiger partial charge >= 0.3 is 0 Å². The number of carbonyl (C=O) groups excluding carboxylic acids is 1. The Morgan fingerprint density at radius 2 is 2.00 bits per heavy atom. The number of likely N-dealkylation sites (tertiary alicyclic amines) is 1. The Kier molecular flexibility index (Phi) is 6.84. The highest BCUT2D eigenvalue weighted by molar-refractivity contribution is 5.94. The highest BCUT2D eigenvalue weighted by Crippen LogP contribution is 2.34. The van der Waals surface area contributed by atoms with Crippen molar-refractivity contribution in [3.8, 4) is 6.07 Å². The predicted octanol–water partition coefficient (Wildman–Crippen LogP) is 3.44. The molecule has 192 valence electrons. The van der Waals surface area contributed by atoms with Crippen molar-refractivity contribution in [1.82, 2.24) is 19.6 Å². The normalized spacial score (nSPS) is 21.3. The average molecular weight is 500 g/mol. The van der Waals surface area contributed by atoms with Gasteiger partial charge in [0.1, 0.15) is 11.0 Å². The molecule has 1 amide bonds. The van der Waals surface area contributed by atoms with Crippen LogP contribution in [0.15, 0.2) is 59.7 Å². The second-order valence-corrected chi connectivity index (χ2v) is 10.8. The summed E-state index contributed by atoms with van der Waals surface area (Å²) in [6.45, 7) is 6.64. The van der Waals surface area contributed by atoms with Crippen LogP contribution >= 0.6 is 0 Å². The second kappa shape index (κ2) is 10.1. The Morgan fingerprint density at radius 1 is 1.22 bits per heavy atom. The van der Waals surface area contributed by atoms with Crippen molar-refractivity contribution in [2.75, 3.05) is 19.7 Å². The molecule has 0 spiro atoms. The highest BCUT2D eigenvalue weighted by atomic mass is 16.5. The van der Waals surface area contributed by atoms with Gasteiger partial charge in [-0.1, -0.05) is 12.1 Å². The van der Waals surface area contributed by atoms with Gasteiger partial charge in [0.05, 0.1) is 22.9 Å². The molecule has 2 fully saturated rings. The van der Waals surface area contributed by atoms with Crippen molar-refractivity contribution in [3.05, 3.63) is 82.0 Å². The van der Waals surface area contributed by atoms with E-state index < -0.39 is 5.41 Å². The van der Waals surface area contributed by atoms with Crippen LogP contribution < -0.4 is 10.9 Å². The van der Waals surface area contributed by atoms with Gasteiger partial charge in [0.15, 0.2) is 0 Å². The van der Waals surface area contributed by atoms with E-state index in [9.17, 15) is 14.9 Å². The number of nitrogens with zero attached hydrogens (tertiary/aromatic N) is 4. The third kappa shape index (κ3) is 5.15. The maximum atomic E-state index is 13.3. The van der Waals surface area contributed by atoms with E-state index in [1.165, 1.54) is 0 Å². The highest BCUT2D eigenvalue weighted by Gasteiger charge is 2.38. The van der Waals surface area contributed by atoms with E-state index in [1.54, 1.807) is 28.9 Å². The summed E-state index contributed by atoms with van der Waals surface area (Å²) >= 11 is 0. The van der Waals surface area contributed by atoms with Gasteiger partial charge in [0.2, 0.25) is 0 Å². The predicted molar refractivity (Wildman–Crippen MR) is 140 cm³/mol. The summed E-state index contributed by atoms with van der Waals surface area (Å²) in [6, 6.07) is 15.6. The Bertz CT molecular complexity index is 1380.